The van der Waals surface area contributed by atoms with Gasteiger partial charge >= 0.3 is 6.18 Å². The highest BCUT2D eigenvalue weighted by Crippen LogP contribution is 2.32. The van der Waals surface area contributed by atoms with E-state index in [-0.39, 0.29) is 54.4 Å². The number of nitrogens with zero attached hydrogens (tertiary/aromatic N) is 2. The zero-order valence-corrected chi connectivity index (χ0v) is 19.6. The first kappa shape index (κ1) is 26.1. The predicted molar refractivity (Wildman–Crippen MR) is 123 cm³/mol. The number of morpholine rings is 1. The summed E-state index contributed by atoms with van der Waals surface area (Å²) in [5, 5.41) is 5.70. The van der Waals surface area contributed by atoms with E-state index in [1.165, 1.54) is 13.1 Å². The molecule has 0 amide bonds. The third-order valence-corrected chi connectivity index (χ3v) is 4.87. The molecule has 0 atom stereocenters. The fourth-order valence-corrected chi connectivity index (χ4v) is 3.27. The monoisotopic (exact) mass is 570 g/mol. The van der Waals surface area contributed by atoms with Gasteiger partial charge in [0.15, 0.2) is 5.96 Å². The molecular formula is C21H24F5IN4O. The molecule has 1 aliphatic heterocycles. The first-order chi connectivity index (χ1) is 14.8. The number of rotatable bonds is 5. The third kappa shape index (κ3) is 6.92. The molecule has 1 saturated heterocycles. The van der Waals surface area contributed by atoms with Crippen LogP contribution in [-0.4, -0.2) is 39.3 Å². The Hall–Kier alpha value is -2.15. The van der Waals surface area contributed by atoms with Gasteiger partial charge in [-0.15, -0.1) is 24.0 Å². The van der Waals surface area contributed by atoms with Crippen LogP contribution in [0.15, 0.2) is 41.4 Å². The number of hydrogen-bond acceptors (Lipinski definition) is 3. The van der Waals surface area contributed by atoms with Gasteiger partial charge in [0.25, 0.3) is 0 Å². The van der Waals surface area contributed by atoms with Crippen LogP contribution >= 0.6 is 24.0 Å². The zero-order chi connectivity index (χ0) is 22.4. The number of anilines is 1. The van der Waals surface area contributed by atoms with Gasteiger partial charge in [-0.25, -0.2) is 8.78 Å². The van der Waals surface area contributed by atoms with E-state index in [2.05, 4.69) is 15.6 Å². The lowest BCUT2D eigenvalue weighted by Crippen LogP contribution is -2.37. The number of alkyl halides is 3. The molecule has 0 spiro atoms. The van der Waals surface area contributed by atoms with Gasteiger partial charge in [0.1, 0.15) is 11.6 Å². The van der Waals surface area contributed by atoms with E-state index in [9.17, 15) is 22.0 Å². The average molecular weight is 570 g/mol. The molecule has 0 unspecified atom stereocenters. The van der Waals surface area contributed by atoms with Crippen LogP contribution in [0.3, 0.4) is 0 Å². The van der Waals surface area contributed by atoms with Gasteiger partial charge in [0.2, 0.25) is 0 Å². The second kappa shape index (κ2) is 11.6. The topological polar surface area (TPSA) is 48.9 Å². The maximum Gasteiger partial charge on any atom is 0.416 e. The molecule has 0 aromatic heterocycles. The highest BCUT2D eigenvalue weighted by atomic mass is 127. The van der Waals surface area contributed by atoms with E-state index in [4.69, 9.17) is 4.74 Å². The first-order valence-electron chi connectivity index (χ1n) is 9.69. The van der Waals surface area contributed by atoms with Crippen LogP contribution in [0.2, 0.25) is 0 Å². The van der Waals surface area contributed by atoms with Crippen LogP contribution in [0.25, 0.3) is 0 Å². The van der Waals surface area contributed by atoms with E-state index in [1.807, 2.05) is 4.90 Å². The molecule has 2 N–H and O–H groups in total. The van der Waals surface area contributed by atoms with Crippen molar-refractivity contribution in [2.45, 2.75) is 19.3 Å². The minimum absolute atomic E-state index is 0. The summed E-state index contributed by atoms with van der Waals surface area (Å²) in [7, 11) is 1.47. The standard InChI is InChI=1S/C21H23F5N4O.HI/c1-27-20(29-13-15-3-4-16(22)11-17(15)21(24,25)26)28-12-14-2-5-19(18(23)10-14)30-6-8-31-9-7-30;/h2-5,10-11H,6-9,12-13H2,1H3,(H2,27,28,29);1H. The molecule has 0 bridgehead atoms. The van der Waals surface area contributed by atoms with Crippen molar-refractivity contribution in [2.24, 2.45) is 4.99 Å². The van der Waals surface area contributed by atoms with Crippen molar-refractivity contribution < 1.29 is 26.7 Å². The normalized spacial score (nSPS) is 14.7. The summed E-state index contributed by atoms with van der Waals surface area (Å²) in [4.78, 5) is 5.88. The molecule has 5 nitrogen and oxygen atoms in total. The molecule has 32 heavy (non-hydrogen) atoms. The zero-order valence-electron chi connectivity index (χ0n) is 17.3. The number of ether oxygens (including phenoxy) is 1. The molecular weight excluding hydrogens is 546 g/mol. The third-order valence-electron chi connectivity index (χ3n) is 4.87. The van der Waals surface area contributed by atoms with Gasteiger partial charge in [-0.05, 0) is 35.4 Å². The van der Waals surface area contributed by atoms with Crippen molar-refractivity contribution in [3.63, 3.8) is 0 Å². The largest absolute Gasteiger partial charge is 0.416 e. The number of aliphatic imine (C=N–C) groups is 1. The Morgan fingerprint density at radius 1 is 1.03 bits per heavy atom. The van der Waals surface area contributed by atoms with Gasteiger partial charge in [0, 0.05) is 33.2 Å². The van der Waals surface area contributed by atoms with Gasteiger partial charge in [0.05, 0.1) is 24.5 Å². The Morgan fingerprint density at radius 2 is 1.72 bits per heavy atom. The molecule has 11 heteroatoms. The summed E-state index contributed by atoms with van der Waals surface area (Å²) in [5.74, 6) is -1.08. The van der Waals surface area contributed by atoms with Crippen LogP contribution < -0.4 is 15.5 Å². The fourth-order valence-electron chi connectivity index (χ4n) is 3.27. The van der Waals surface area contributed by atoms with Crippen molar-refractivity contribution in [1.82, 2.24) is 10.6 Å². The van der Waals surface area contributed by atoms with Crippen LogP contribution in [0.1, 0.15) is 16.7 Å². The number of benzene rings is 2. The van der Waals surface area contributed by atoms with E-state index >= 15 is 0 Å². The number of hydrogen-bond donors (Lipinski definition) is 2. The molecule has 2 aromatic rings. The van der Waals surface area contributed by atoms with Crippen LogP contribution in [0, 0.1) is 11.6 Å². The average Bonchev–Trinajstić information content (AvgIpc) is 2.74. The SMILES string of the molecule is CN=C(NCc1ccc(N2CCOCC2)c(F)c1)NCc1ccc(F)cc1C(F)(F)F.I. The Bertz CT molecular complexity index is 933. The smallest absolute Gasteiger partial charge is 0.378 e. The van der Waals surface area contributed by atoms with Crippen LogP contribution in [-0.2, 0) is 24.0 Å². The van der Waals surface area contributed by atoms with E-state index in [1.54, 1.807) is 12.1 Å². The van der Waals surface area contributed by atoms with Crippen molar-refractivity contribution in [3.05, 3.63) is 64.7 Å². The summed E-state index contributed by atoms with van der Waals surface area (Å²) in [6.45, 7) is 2.35. The second-order valence-electron chi connectivity index (χ2n) is 6.96. The number of guanidine groups is 1. The van der Waals surface area contributed by atoms with E-state index < -0.39 is 17.6 Å². The highest BCUT2D eigenvalue weighted by molar-refractivity contribution is 14.0. The summed E-state index contributed by atoms with van der Waals surface area (Å²) in [6, 6.07) is 7.40. The molecule has 0 saturated carbocycles. The Labute approximate surface area is 200 Å². The van der Waals surface area contributed by atoms with E-state index in [0.29, 0.717) is 43.6 Å². The minimum Gasteiger partial charge on any atom is -0.378 e. The number of halogens is 6. The van der Waals surface area contributed by atoms with E-state index in [0.717, 1.165) is 12.1 Å². The lowest BCUT2D eigenvalue weighted by Gasteiger charge is -2.29. The van der Waals surface area contributed by atoms with Gasteiger partial charge in [-0.1, -0.05) is 12.1 Å². The molecule has 176 valence electrons. The van der Waals surface area contributed by atoms with Crippen molar-refractivity contribution in [3.8, 4) is 0 Å². The maximum absolute atomic E-state index is 14.5. The van der Waals surface area contributed by atoms with Gasteiger partial charge in [-0.2, -0.15) is 13.2 Å². The molecule has 1 fully saturated rings. The van der Waals surface area contributed by atoms with Gasteiger partial charge in [-0.3, -0.25) is 4.99 Å². The Balaban J connectivity index is 0.00000363. The Morgan fingerprint density at radius 3 is 2.34 bits per heavy atom. The maximum atomic E-state index is 14.5. The molecule has 0 radical (unpaired) electrons. The molecule has 1 heterocycles. The molecule has 0 aliphatic carbocycles. The summed E-state index contributed by atoms with van der Waals surface area (Å²) in [6.07, 6.45) is -4.67. The molecule has 3 rings (SSSR count). The Kier molecular flexibility index (Phi) is 9.49. The number of nitrogens with one attached hydrogen (secondary N) is 2. The predicted octanol–water partition coefficient (Wildman–Crippen LogP) is 4.30. The van der Waals surface area contributed by atoms with Crippen molar-refractivity contribution in [1.29, 1.82) is 0 Å². The minimum atomic E-state index is -4.67. The summed E-state index contributed by atoms with van der Waals surface area (Å²) in [5.41, 5.74) is -0.00486. The summed E-state index contributed by atoms with van der Waals surface area (Å²) >= 11 is 0. The highest BCUT2D eigenvalue weighted by Gasteiger charge is 2.33. The van der Waals surface area contributed by atoms with Gasteiger partial charge < -0.3 is 20.3 Å². The van der Waals surface area contributed by atoms with Crippen LogP contribution in [0.5, 0.6) is 0 Å². The first-order valence-corrected chi connectivity index (χ1v) is 9.69. The molecule has 2 aromatic carbocycles. The second-order valence-corrected chi connectivity index (χ2v) is 6.96. The quantitative estimate of drug-likeness (QED) is 0.244. The van der Waals surface area contributed by atoms with Crippen molar-refractivity contribution >= 4 is 35.6 Å². The lowest BCUT2D eigenvalue weighted by molar-refractivity contribution is -0.138. The molecule has 1 aliphatic rings. The summed E-state index contributed by atoms with van der Waals surface area (Å²) < 4.78 is 72.4. The fraction of sp³-hybridized carbons (Fsp3) is 0.381. The lowest BCUT2D eigenvalue weighted by atomic mass is 10.1. The van der Waals surface area contributed by atoms with Crippen LogP contribution in [0.4, 0.5) is 27.6 Å². The van der Waals surface area contributed by atoms with Crippen molar-refractivity contribution in [2.75, 3.05) is 38.3 Å².